The smallest absolute Gasteiger partial charge is 0.309 e. The summed E-state index contributed by atoms with van der Waals surface area (Å²) in [4.78, 5) is 24.6. The second kappa shape index (κ2) is 5.36. The van der Waals surface area contributed by atoms with Crippen LogP contribution < -0.4 is 4.90 Å². The minimum atomic E-state index is -1.47. The van der Waals surface area contributed by atoms with Gasteiger partial charge in [0, 0.05) is 6.92 Å². The van der Waals surface area contributed by atoms with Crippen LogP contribution in [0.4, 0.5) is 5.69 Å². The number of carbonyl (C=O) groups is 2. The standard InChI is InChI=1S/C14H17NO4S/c1-4-19-13(17)9-14(3)15(10(2)16)11-7-5-6-8-12(11)20(14)18/h5-8H,4,9H2,1-3H3. The number of hydrogen-bond donors (Lipinski definition) is 0. The summed E-state index contributed by atoms with van der Waals surface area (Å²) in [6, 6.07) is 7.01. The van der Waals surface area contributed by atoms with E-state index in [9.17, 15) is 13.8 Å². The molecule has 20 heavy (non-hydrogen) atoms. The van der Waals surface area contributed by atoms with Crippen molar-refractivity contribution in [3.05, 3.63) is 24.3 Å². The summed E-state index contributed by atoms with van der Waals surface area (Å²) in [5, 5.41) is 0. The van der Waals surface area contributed by atoms with E-state index < -0.39 is 21.6 Å². The van der Waals surface area contributed by atoms with E-state index in [-0.39, 0.29) is 18.9 Å². The molecule has 2 unspecified atom stereocenters. The molecule has 1 aromatic carbocycles. The van der Waals surface area contributed by atoms with Gasteiger partial charge in [0.05, 0.1) is 34.4 Å². The fourth-order valence-electron chi connectivity index (χ4n) is 2.50. The molecule has 1 aliphatic heterocycles. The Morgan fingerprint density at radius 3 is 2.60 bits per heavy atom. The average Bonchev–Trinajstić information content (AvgIpc) is 2.59. The van der Waals surface area contributed by atoms with E-state index in [2.05, 4.69) is 0 Å². The van der Waals surface area contributed by atoms with Crippen molar-refractivity contribution in [1.82, 2.24) is 0 Å². The predicted molar refractivity (Wildman–Crippen MR) is 75.7 cm³/mol. The maximum absolute atomic E-state index is 12.7. The van der Waals surface area contributed by atoms with Crippen LogP contribution in [0.2, 0.25) is 0 Å². The van der Waals surface area contributed by atoms with Crippen molar-refractivity contribution in [3.63, 3.8) is 0 Å². The molecule has 0 saturated heterocycles. The minimum absolute atomic E-state index is 0.0955. The first kappa shape index (κ1) is 14.7. The number of anilines is 1. The van der Waals surface area contributed by atoms with Gasteiger partial charge in [-0.15, -0.1) is 0 Å². The average molecular weight is 295 g/mol. The highest BCUT2D eigenvalue weighted by atomic mass is 32.2. The lowest BCUT2D eigenvalue weighted by atomic mass is 10.1. The summed E-state index contributed by atoms with van der Waals surface area (Å²) in [7, 11) is -1.47. The summed E-state index contributed by atoms with van der Waals surface area (Å²) < 4.78 is 17.6. The van der Waals surface area contributed by atoms with Gasteiger partial charge in [-0.3, -0.25) is 18.7 Å². The van der Waals surface area contributed by atoms with Crippen LogP contribution in [0.1, 0.15) is 27.2 Å². The molecule has 108 valence electrons. The molecule has 2 rings (SSSR count). The highest BCUT2D eigenvalue weighted by Gasteiger charge is 2.50. The number of hydrogen-bond acceptors (Lipinski definition) is 4. The molecule has 0 aliphatic carbocycles. The molecule has 0 saturated carbocycles. The lowest BCUT2D eigenvalue weighted by Gasteiger charge is -2.32. The molecule has 0 fully saturated rings. The van der Waals surface area contributed by atoms with Crippen molar-refractivity contribution in [1.29, 1.82) is 0 Å². The number of fused-ring (bicyclic) bond motifs is 1. The number of carbonyl (C=O) groups excluding carboxylic acids is 2. The normalized spacial score (nSPS) is 24.4. The summed E-state index contributed by atoms with van der Waals surface area (Å²) in [5.74, 6) is -0.697. The van der Waals surface area contributed by atoms with Crippen LogP contribution in [-0.4, -0.2) is 27.6 Å². The van der Waals surface area contributed by atoms with E-state index >= 15 is 0 Å². The minimum Gasteiger partial charge on any atom is -0.466 e. The van der Waals surface area contributed by atoms with E-state index in [1.165, 1.54) is 11.8 Å². The van der Waals surface area contributed by atoms with Crippen LogP contribution in [0, 0.1) is 0 Å². The maximum atomic E-state index is 12.7. The van der Waals surface area contributed by atoms with Crippen molar-refractivity contribution >= 4 is 28.4 Å². The molecular weight excluding hydrogens is 278 g/mol. The van der Waals surface area contributed by atoms with Gasteiger partial charge in [0.2, 0.25) is 5.91 Å². The van der Waals surface area contributed by atoms with Gasteiger partial charge in [0.15, 0.2) is 0 Å². The Labute approximate surface area is 120 Å². The van der Waals surface area contributed by atoms with Crippen molar-refractivity contribution in [3.8, 4) is 0 Å². The summed E-state index contributed by atoms with van der Waals surface area (Å²) in [6.45, 7) is 5.03. The largest absolute Gasteiger partial charge is 0.466 e. The van der Waals surface area contributed by atoms with Crippen LogP contribution in [0.25, 0.3) is 0 Å². The molecular formula is C14H17NO4S. The zero-order chi connectivity index (χ0) is 14.9. The van der Waals surface area contributed by atoms with Gasteiger partial charge in [-0.05, 0) is 26.0 Å². The molecule has 0 bridgehead atoms. The van der Waals surface area contributed by atoms with Gasteiger partial charge < -0.3 is 4.74 Å². The number of para-hydroxylation sites is 1. The lowest BCUT2D eigenvalue weighted by molar-refractivity contribution is -0.143. The molecule has 1 amide bonds. The van der Waals surface area contributed by atoms with E-state index in [0.717, 1.165) is 0 Å². The molecule has 0 N–H and O–H groups in total. The molecule has 1 aromatic rings. The summed E-state index contributed by atoms with van der Waals surface area (Å²) in [5.41, 5.74) is 0.602. The lowest BCUT2D eigenvalue weighted by Crippen LogP contribution is -2.49. The first-order valence-electron chi connectivity index (χ1n) is 6.39. The number of esters is 1. The first-order valence-corrected chi connectivity index (χ1v) is 7.54. The van der Waals surface area contributed by atoms with Crippen LogP contribution >= 0.6 is 0 Å². The number of nitrogens with zero attached hydrogens (tertiary/aromatic N) is 1. The number of benzene rings is 1. The Bertz CT molecular complexity index is 586. The number of amides is 1. The molecule has 6 heteroatoms. The molecule has 1 aliphatic rings. The fourth-order valence-corrected chi connectivity index (χ4v) is 4.17. The predicted octanol–water partition coefficient (Wildman–Crippen LogP) is 1.83. The molecule has 0 spiro atoms. The van der Waals surface area contributed by atoms with Crippen LogP contribution in [0.5, 0.6) is 0 Å². The third-order valence-electron chi connectivity index (χ3n) is 3.27. The Morgan fingerprint density at radius 2 is 2.00 bits per heavy atom. The molecule has 1 heterocycles. The number of rotatable bonds is 3. The van der Waals surface area contributed by atoms with Gasteiger partial charge in [0.25, 0.3) is 0 Å². The highest BCUT2D eigenvalue weighted by molar-refractivity contribution is 7.87. The second-order valence-electron chi connectivity index (χ2n) is 4.75. The van der Waals surface area contributed by atoms with Crippen molar-refractivity contribution in [2.75, 3.05) is 11.5 Å². The zero-order valence-electron chi connectivity index (χ0n) is 11.7. The quantitative estimate of drug-likeness (QED) is 0.798. The van der Waals surface area contributed by atoms with E-state index in [0.29, 0.717) is 10.6 Å². The van der Waals surface area contributed by atoms with E-state index in [4.69, 9.17) is 4.74 Å². The molecule has 0 aromatic heterocycles. The fraction of sp³-hybridized carbons (Fsp3) is 0.429. The van der Waals surface area contributed by atoms with Crippen LogP contribution in [0.3, 0.4) is 0 Å². The SMILES string of the molecule is CCOC(=O)CC1(C)N(C(C)=O)c2ccccc2S1=O. The van der Waals surface area contributed by atoms with Gasteiger partial charge in [-0.2, -0.15) is 0 Å². The van der Waals surface area contributed by atoms with E-state index in [1.54, 1.807) is 38.1 Å². The summed E-state index contributed by atoms with van der Waals surface area (Å²) >= 11 is 0. The van der Waals surface area contributed by atoms with Crippen LogP contribution in [-0.2, 0) is 25.1 Å². The van der Waals surface area contributed by atoms with Crippen molar-refractivity contribution in [2.45, 2.75) is 37.0 Å². The topological polar surface area (TPSA) is 63.7 Å². The molecule has 5 nitrogen and oxygen atoms in total. The number of ether oxygens (including phenoxy) is 1. The summed E-state index contributed by atoms with van der Waals surface area (Å²) in [6.07, 6.45) is -0.0955. The van der Waals surface area contributed by atoms with Gasteiger partial charge in [-0.25, -0.2) is 0 Å². The van der Waals surface area contributed by atoms with Crippen LogP contribution in [0.15, 0.2) is 29.2 Å². The van der Waals surface area contributed by atoms with Crippen molar-refractivity contribution in [2.24, 2.45) is 0 Å². The Hall–Kier alpha value is -1.69. The monoisotopic (exact) mass is 295 g/mol. The van der Waals surface area contributed by atoms with Crippen molar-refractivity contribution < 1.29 is 18.5 Å². The highest BCUT2D eigenvalue weighted by Crippen LogP contribution is 2.44. The first-order chi connectivity index (χ1) is 9.41. The van der Waals surface area contributed by atoms with Gasteiger partial charge in [-0.1, -0.05) is 12.1 Å². The Morgan fingerprint density at radius 1 is 1.35 bits per heavy atom. The Balaban J connectivity index is 2.45. The molecule has 0 radical (unpaired) electrons. The third kappa shape index (κ3) is 2.24. The molecule has 2 atom stereocenters. The second-order valence-corrected chi connectivity index (χ2v) is 6.60. The van der Waals surface area contributed by atoms with E-state index in [1.807, 2.05) is 0 Å². The maximum Gasteiger partial charge on any atom is 0.309 e. The van der Waals surface area contributed by atoms with Gasteiger partial charge in [0.1, 0.15) is 4.87 Å². The zero-order valence-corrected chi connectivity index (χ0v) is 12.5. The Kier molecular flexibility index (Phi) is 3.94. The third-order valence-corrected chi connectivity index (χ3v) is 5.14. The van der Waals surface area contributed by atoms with Gasteiger partial charge >= 0.3 is 5.97 Å².